The number of hydrogen-bond donors (Lipinski definition) is 0. The average molecular weight is 365 g/mol. The maximum atomic E-state index is 12.1. The molecule has 2 atom stereocenters. The molecule has 0 aromatic heterocycles. The van der Waals surface area contributed by atoms with Crippen molar-refractivity contribution >= 4 is 14.1 Å². The minimum Gasteiger partial charge on any atom is -0.575 e. The third-order valence-electron chi connectivity index (χ3n) is 4.35. The first kappa shape index (κ1) is 19.9. The lowest BCUT2D eigenvalue weighted by Gasteiger charge is -2.22. The molecule has 1 aromatic carbocycles. The molecule has 1 aliphatic rings. The zero-order chi connectivity index (χ0) is 18.4. The van der Waals surface area contributed by atoms with Crippen molar-refractivity contribution in [3.05, 3.63) is 29.8 Å². The van der Waals surface area contributed by atoms with Crippen LogP contribution in [0, 0.1) is 0 Å². The van der Waals surface area contributed by atoms with E-state index in [1.165, 1.54) is 6.42 Å². The topological polar surface area (TPSA) is 71.0 Å². The average Bonchev–Trinajstić information content (AvgIpc) is 2.55. The van der Waals surface area contributed by atoms with Gasteiger partial charge in [-0.2, -0.15) is 0 Å². The molecule has 1 aliphatic carbocycles. The fraction of sp³-hybridized carbons (Fsp3) is 0.632. The first-order valence-electron chi connectivity index (χ1n) is 8.93. The van der Waals surface area contributed by atoms with Crippen molar-refractivity contribution in [1.82, 2.24) is 0 Å². The molecule has 0 N–H and O–H groups in total. The van der Waals surface area contributed by atoms with Crippen LogP contribution in [0.5, 0.6) is 5.75 Å². The lowest BCUT2D eigenvalue weighted by atomic mass is 9.87. The van der Waals surface area contributed by atoms with Crippen LogP contribution in [0.2, 0.25) is 0 Å². The normalized spacial score (nSPS) is 17.9. The molecule has 25 heavy (non-hydrogen) atoms. The van der Waals surface area contributed by atoms with Crippen LogP contribution >= 0.6 is 8.17 Å². The van der Waals surface area contributed by atoms with Crippen LogP contribution in [0.4, 0.5) is 0 Å². The third kappa shape index (κ3) is 6.41. The van der Waals surface area contributed by atoms with E-state index in [0.717, 1.165) is 31.2 Å². The molecule has 0 amide bonds. The molecule has 1 fully saturated rings. The van der Waals surface area contributed by atoms with E-state index < -0.39 is 20.2 Å². The van der Waals surface area contributed by atoms with E-state index >= 15 is 0 Å². The highest BCUT2D eigenvalue weighted by molar-refractivity contribution is 7.34. The lowest BCUT2D eigenvalue weighted by Crippen LogP contribution is -2.26. The second-order valence-corrected chi connectivity index (χ2v) is 8.48. The maximum absolute atomic E-state index is 12.1. The van der Waals surface area contributed by atoms with Gasteiger partial charge in [0.1, 0.15) is 6.10 Å². The smallest absolute Gasteiger partial charge is 0.395 e. The Kier molecular flexibility index (Phi) is 6.97. The van der Waals surface area contributed by atoms with Crippen LogP contribution in [0.15, 0.2) is 29.0 Å². The Morgan fingerprint density at radius 1 is 1.20 bits per heavy atom. The van der Waals surface area contributed by atoms with Gasteiger partial charge in [-0.3, -0.25) is 4.52 Å². The fourth-order valence-corrected chi connectivity index (χ4v) is 3.49. The molecule has 0 bridgehead atoms. The standard InChI is InChI=1S/C19H28NO4P/c1-14(18(21)23-16-8-6-5-7-9-16)20-25(22)24-17-12-10-15(11-13-17)19(2,3)4/h10-14,16H,5-9H2,1-4H3/t14-/m0/s1. The number of ether oxygens (including phenoxy) is 1. The van der Waals surface area contributed by atoms with Gasteiger partial charge in [0.15, 0.2) is 11.8 Å². The quantitative estimate of drug-likeness (QED) is 0.570. The Balaban J connectivity index is 1.90. The molecular formula is C19H28NO4P. The number of rotatable bonds is 5. The third-order valence-corrected chi connectivity index (χ3v) is 5.25. The Morgan fingerprint density at radius 3 is 2.36 bits per heavy atom. The molecule has 0 radical (unpaired) electrons. The molecule has 1 saturated carbocycles. The second kappa shape index (κ2) is 8.77. The summed E-state index contributed by atoms with van der Waals surface area (Å²) in [5.74, 6) is 0.0487. The Labute approximate surface area is 151 Å². The highest BCUT2D eigenvalue weighted by Gasteiger charge is 2.24. The fourth-order valence-electron chi connectivity index (χ4n) is 2.76. The monoisotopic (exact) mass is 365 g/mol. The van der Waals surface area contributed by atoms with E-state index in [4.69, 9.17) is 9.26 Å². The van der Waals surface area contributed by atoms with Gasteiger partial charge in [0, 0.05) is 0 Å². The first-order chi connectivity index (χ1) is 11.8. The van der Waals surface area contributed by atoms with Crippen LogP contribution < -0.4 is 9.42 Å². The second-order valence-electron chi connectivity index (χ2n) is 7.59. The largest absolute Gasteiger partial charge is 0.575 e. The van der Waals surface area contributed by atoms with E-state index in [1.807, 2.05) is 12.1 Å². The van der Waals surface area contributed by atoms with E-state index in [2.05, 4.69) is 25.5 Å². The minimum absolute atomic E-state index is 0.0253. The van der Waals surface area contributed by atoms with Gasteiger partial charge >= 0.3 is 14.1 Å². The molecule has 138 valence electrons. The van der Waals surface area contributed by atoms with Gasteiger partial charge in [-0.1, -0.05) is 44.1 Å². The van der Waals surface area contributed by atoms with Crippen molar-refractivity contribution in [3.8, 4) is 5.75 Å². The van der Waals surface area contributed by atoms with Crippen LogP contribution in [0.3, 0.4) is 0 Å². The summed E-state index contributed by atoms with van der Waals surface area (Å²) in [6.45, 7) is 7.96. The number of hydrogen-bond acceptors (Lipinski definition) is 5. The summed E-state index contributed by atoms with van der Waals surface area (Å²) in [6, 6.07) is 6.64. The summed E-state index contributed by atoms with van der Waals surface area (Å²) in [7, 11) is -2.32. The number of esters is 1. The lowest BCUT2D eigenvalue weighted by molar-refractivity contribution is -0.170. The predicted molar refractivity (Wildman–Crippen MR) is 97.5 cm³/mol. The number of carbonyl (C=O) groups excluding carboxylic acids is 1. The van der Waals surface area contributed by atoms with Gasteiger partial charge < -0.3 is 9.63 Å². The van der Waals surface area contributed by atoms with Crippen LogP contribution in [-0.2, 0) is 14.9 Å². The summed E-state index contributed by atoms with van der Waals surface area (Å²) >= 11 is 0. The van der Waals surface area contributed by atoms with Crippen LogP contribution in [0.1, 0.15) is 65.4 Å². The zero-order valence-corrected chi connectivity index (χ0v) is 16.4. The molecule has 1 aromatic rings. The summed E-state index contributed by atoms with van der Waals surface area (Å²) < 4.78 is 14.7. The van der Waals surface area contributed by atoms with Crippen molar-refractivity contribution in [2.75, 3.05) is 0 Å². The van der Waals surface area contributed by atoms with Crippen molar-refractivity contribution in [2.24, 2.45) is 4.74 Å². The highest BCUT2D eigenvalue weighted by atomic mass is 31.1. The van der Waals surface area contributed by atoms with Gasteiger partial charge in [0.25, 0.3) is 0 Å². The molecule has 0 heterocycles. The summed E-state index contributed by atoms with van der Waals surface area (Å²) in [6.07, 6.45) is 5.16. The Hall–Kier alpha value is -1.45. The number of nitrogens with zero attached hydrogens (tertiary/aromatic N) is 1. The molecule has 1 unspecified atom stereocenters. The molecule has 6 heteroatoms. The van der Waals surface area contributed by atoms with Crippen LogP contribution in [-0.4, -0.2) is 18.1 Å². The zero-order valence-electron chi connectivity index (χ0n) is 15.5. The van der Waals surface area contributed by atoms with Gasteiger partial charge in [0.2, 0.25) is 0 Å². The number of benzene rings is 1. The van der Waals surface area contributed by atoms with Crippen LogP contribution in [0.25, 0.3) is 0 Å². The summed E-state index contributed by atoms with van der Waals surface area (Å²) in [5.41, 5.74) is 1.21. The highest BCUT2D eigenvalue weighted by Crippen LogP contribution is 2.28. The van der Waals surface area contributed by atoms with Gasteiger partial charge in [-0.25, -0.2) is 4.79 Å². The van der Waals surface area contributed by atoms with Crippen molar-refractivity contribution in [1.29, 1.82) is 0 Å². The van der Waals surface area contributed by atoms with Gasteiger partial charge in [-0.05, 0) is 55.7 Å². The van der Waals surface area contributed by atoms with E-state index in [-0.39, 0.29) is 11.5 Å². The van der Waals surface area contributed by atoms with Crippen molar-refractivity contribution in [3.63, 3.8) is 0 Å². The molecule has 0 spiro atoms. The SMILES string of the molecule is C[C@H](N=[P+]([O-])Oc1ccc(C(C)(C)C)cc1)C(=O)OC1CCCCC1. The first-order valence-corrected chi connectivity index (χ1v) is 10.1. The molecule has 2 rings (SSSR count). The van der Waals surface area contributed by atoms with E-state index in [9.17, 15) is 9.69 Å². The van der Waals surface area contributed by atoms with Gasteiger partial charge in [0.05, 0.1) is 0 Å². The predicted octanol–water partition coefficient (Wildman–Crippen LogP) is 4.48. The van der Waals surface area contributed by atoms with Crippen molar-refractivity contribution in [2.45, 2.75) is 77.4 Å². The minimum atomic E-state index is -2.32. The molecule has 0 aliphatic heterocycles. The molecular weight excluding hydrogens is 337 g/mol. The molecule has 0 saturated heterocycles. The summed E-state index contributed by atoms with van der Waals surface area (Å²) in [4.78, 5) is 24.1. The van der Waals surface area contributed by atoms with Gasteiger partial charge in [-0.15, -0.1) is 0 Å². The summed E-state index contributed by atoms with van der Waals surface area (Å²) in [5, 5.41) is 0. The number of carbonyl (C=O) groups is 1. The molecule has 5 nitrogen and oxygen atoms in total. The van der Waals surface area contributed by atoms with Crippen molar-refractivity contribution < 1.29 is 18.9 Å². The van der Waals surface area contributed by atoms with E-state index in [0.29, 0.717) is 5.75 Å². The van der Waals surface area contributed by atoms with E-state index in [1.54, 1.807) is 19.1 Å². The Bertz CT molecular complexity index is 601. The Morgan fingerprint density at radius 2 is 1.80 bits per heavy atom. The maximum Gasteiger partial charge on any atom is 0.395 e.